The molecular formula is C9H18O3. The summed E-state index contributed by atoms with van der Waals surface area (Å²) in [5, 5.41) is 8.37. The molecule has 0 spiro atoms. The number of carboxylic acid groups (broad SMARTS) is 1. The summed E-state index contributed by atoms with van der Waals surface area (Å²) in [6.45, 7) is 5.59. The molecule has 12 heavy (non-hydrogen) atoms. The summed E-state index contributed by atoms with van der Waals surface area (Å²) in [6, 6.07) is 0. The zero-order valence-corrected chi connectivity index (χ0v) is 8.04. The first-order chi connectivity index (χ1) is 5.63. The van der Waals surface area contributed by atoms with Gasteiger partial charge >= 0.3 is 5.97 Å². The molecule has 3 nitrogen and oxygen atoms in total. The van der Waals surface area contributed by atoms with E-state index in [1.165, 1.54) is 0 Å². The summed E-state index contributed by atoms with van der Waals surface area (Å²) >= 11 is 0. The molecule has 0 unspecified atom stereocenters. The zero-order chi connectivity index (χ0) is 9.98. The lowest BCUT2D eigenvalue weighted by Crippen LogP contribution is -2.10. The predicted molar refractivity (Wildman–Crippen MR) is 48.1 cm³/mol. The van der Waals surface area contributed by atoms with E-state index in [4.69, 9.17) is 5.11 Å². The second-order valence-corrected chi connectivity index (χ2v) is 2.43. The number of carboxylic acids is 1. The molecule has 0 saturated carbocycles. The first-order valence-electron chi connectivity index (χ1n) is 4.30. The number of aliphatic carboxylic acids is 1. The smallest absolute Gasteiger partial charge is 0.306 e. The lowest BCUT2D eigenvalue weighted by molar-refractivity contribution is -0.141. The minimum atomic E-state index is -0.671. The van der Waals surface area contributed by atoms with Gasteiger partial charge in [0.1, 0.15) is 6.29 Å². The normalized spacial score (nSPS) is 8.67. The van der Waals surface area contributed by atoms with Crippen LogP contribution < -0.4 is 0 Å². The Morgan fingerprint density at radius 3 is 1.67 bits per heavy atom. The van der Waals surface area contributed by atoms with E-state index < -0.39 is 5.97 Å². The van der Waals surface area contributed by atoms with Crippen molar-refractivity contribution in [3.05, 3.63) is 0 Å². The SMILES string of the molecule is CCC(CC)C(=O)O.CCC=O. The van der Waals surface area contributed by atoms with Crippen LogP contribution in [-0.4, -0.2) is 17.4 Å². The van der Waals surface area contributed by atoms with E-state index in [2.05, 4.69) is 0 Å². The Bertz CT molecular complexity index is 117. The summed E-state index contributed by atoms with van der Waals surface area (Å²) in [5.41, 5.74) is 0. The van der Waals surface area contributed by atoms with Crippen LogP contribution in [0.1, 0.15) is 40.0 Å². The Labute approximate surface area is 73.8 Å². The van der Waals surface area contributed by atoms with Crippen molar-refractivity contribution in [3.63, 3.8) is 0 Å². The molecule has 0 amide bonds. The van der Waals surface area contributed by atoms with Gasteiger partial charge in [-0.05, 0) is 12.8 Å². The Morgan fingerprint density at radius 1 is 1.33 bits per heavy atom. The van der Waals surface area contributed by atoms with Gasteiger partial charge in [-0.3, -0.25) is 4.79 Å². The number of hydrogen-bond donors (Lipinski definition) is 1. The first kappa shape index (κ1) is 13.7. The molecule has 0 aromatic rings. The quantitative estimate of drug-likeness (QED) is 0.664. The van der Waals surface area contributed by atoms with Crippen LogP contribution in [0, 0.1) is 5.92 Å². The van der Waals surface area contributed by atoms with Crippen LogP contribution in [0.4, 0.5) is 0 Å². The summed E-state index contributed by atoms with van der Waals surface area (Å²) in [7, 11) is 0. The van der Waals surface area contributed by atoms with E-state index in [0.29, 0.717) is 6.42 Å². The fraction of sp³-hybridized carbons (Fsp3) is 0.778. The molecule has 0 fully saturated rings. The van der Waals surface area contributed by atoms with Crippen molar-refractivity contribution in [3.8, 4) is 0 Å². The van der Waals surface area contributed by atoms with Gasteiger partial charge in [-0.15, -0.1) is 0 Å². The number of carbonyl (C=O) groups is 2. The molecule has 72 valence electrons. The fourth-order valence-corrected chi connectivity index (χ4v) is 0.638. The largest absolute Gasteiger partial charge is 0.481 e. The van der Waals surface area contributed by atoms with Crippen molar-refractivity contribution >= 4 is 12.3 Å². The fourth-order valence-electron chi connectivity index (χ4n) is 0.638. The third-order valence-corrected chi connectivity index (χ3v) is 1.50. The molecule has 0 aromatic heterocycles. The highest BCUT2D eigenvalue weighted by molar-refractivity contribution is 5.69. The molecule has 0 heterocycles. The summed E-state index contributed by atoms with van der Waals surface area (Å²) in [6.07, 6.45) is 3.00. The maximum Gasteiger partial charge on any atom is 0.306 e. The van der Waals surface area contributed by atoms with Crippen LogP contribution in [0.3, 0.4) is 0 Å². The van der Waals surface area contributed by atoms with Gasteiger partial charge in [-0.1, -0.05) is 20.8 Å². The zero-order valence-electron chi connectivity index (χ0n) is 8.04. The minimum Gasteiger partial charge on any atom is -0.481 e. The van der Waals surface area contributed by atoms with E-state index in [1.54, 1.807) is 0 Å². The van der Waals surface area contributed by atoms with Crippen molar-refractivity contribution in [2.45, 2.75) is 40.0 Å². The summed E-state index contributed by atoms with van der Waals surface area (Å²) < 4.78 is 0. The molecule has 0 aliphatic carbocycles. The Balaban J connectivity index is 0. The van der Waals surface area contributed by atoms with Gasteiger partial charge in [0.15, 0.2) is 0 Å². The van der Waals surface area contributed by atoms with Gasteiger partial charge in [-0.2, -0.15) is 0 Å². The molecule has 3 heteroatoms. The highest BCUT2D eigenvalue weighted by atomic mass is 16.4. The molecule has 0 radical (unpaired) electrons. The van der Waals surface area contributed by atoms with Crippen molar-refractivity contribution in [1.82, 2.24) is 0 Å². The standard InChI is InChI=1S/C6H12O2.C3H6O/c1-3-5(4-2)6(7)8;1-2-3-4/h5H,3-4H2,1-2H3,(H,7,8);3H,2H2,1H3. The van der Waals surface area contributed by atoms with Crippen LogP contribution in [0.25, 0.3) is 0 Å². The van der Waals surface area contributed by atoms with E-state index in [9.17, 15) is 9.59 Å². The lowest BCUT2D eigenvalue weighted by atomic mass is 10.1. The second-order valence-electron chi connectivity index (χ2n) is 2.43. The van der Waals surface area contributed by atoms with Crippen LogP contribution >= 0.6 is 0 Å². The number of hydrogen-bond acceptors (Lipinski definition) is 2. The summed E-state index contributed by atoms with van der Waals surface area (Å²) in [4.78, 5) is 19.3. The van der Waals surface area contributed by atoms with Crippen molar-refractivity contribution in [2.75, 3.05) is 0 Å². The molecule has 0 aliphatic heterocycles. The molecule has 0 aromatic carbocycles. The maximum atomic E-state index is 10.2. The van der Waals surface area contributed by atoms with Gasteiger partial charge in [0, 0.05) is 6.42 Å². The summed E-state index contributed by atoms with van der Waals surface area (Å²) in [5.74, 6) is -0.801. The molecule has 0 aliphatic rings. The molecule has 0 rings (SSSR count). The maximum absolute atomic E-state index is 10.2. The van der Waals surface area contributed by atoms with Crippen molar-refractivity contribution in [2.24, 2.45) is 5.92 Å². The Kier molecular flexibility index (Phi) is 11.6. The van der Waals surface area contributed by atoms with Gasteiger partial charge in [0.25, 0.3) is 0 Å². The molecule has 0 bridgehead atoms. The average Bonchev–Trinajstić information content (AvgIpc) is 2.07. The molecular weight excluding hydrogens is 156 g/mol. The van der Waals surface area contributed by atoms with Gasteiger partial charge in [-0.25, -0.2) is 0 Å². The van der Waals surface area contributed by atoms with E-state index in [-0.39, 0.29) is 5.92 Å². The van der Waals surface area contributed by atoms with E-state index >= 15 is 0 Å². The first-order valence-corrected chi connectivity index (χ1v) is 4.30. The third kappa shape index (κ3) is 9.14. The number of carbonyl (C=O) groups excluding carboxylic acids is 1. The second kappa shape index (κ2) is 10.1. The molecule has 0 atom stereocenters. The Morgan fingerprint density at radius 2 is 1.67 bits per heavy atom. The van der Waals surface area contributed by atoms with Crippen molar-refractivity contribution in [1.29, 1.82) is 0 Å². The highest BCUT2D eigenvalue weighted by Crippen LogP contribution is 2.05. The number of aldehydes is 1. The molecule has 1 N–H and O–H groups in total. The van der Waals surface area contributed by atoms with Crippen molar-refractivity contribution < 1.29 is 14.7 Å². The van der Waals surface area contributed by atoms with Gasteiger partial charge in [0.2, 0.25) is 0 Å². The molecule has 0 saturated heterocycles. The lowest BCUT2D eigenvalue weighted by Gasteiger charge is -2.02. The highest BCUT2D eigenvalue weighted by Gasteiger charge is 2.10. The Hall–Kier alpha value is -0.860. The van der Waals surface area contributed by atoms with E-state index in [0.717, 1.165) is 19.1 Å². The third-order valence-electron chi connectivity index (χ3n) is 1.50. The predicted octanol–water partition coefficient (Wildman–Crippen LogP) is 2.10. The average molecular weight is 174 g/mol. The van der Waals surface area contributed by atoms with Crippen LogP contribution in [0.2, 0.25) is 0 Å². The van der Waals surface area contributed by atoms with E-state index in [1.807, 2.05) is 20.8 Å². The van der Waals surface area contributed by atoms with Crippen LogP contribution in [-0.2, 0) is 9.59 Å². The topological polar surface area (TPSA) is 54.4 Å². The van der Waals surface area contributed by atoms with Gasteiger partial charge in [0.05, 0.1) is 5.92 Å². The monoisotopic (exact) mass is 174 g/mol. The minimum absolute atomic E-state index is 0.130. The van der Waals surface area contributed by atoms with Crippen LogP contribution in [0.15, 0.2) is 0 Å². The van der Waals surface area contributed by atoms with Crippen LogP contribution in [0.5, 0.6) is 0 Å². The number of rotatable bonds is 4. The van der Waals surface area contributed by atoms with Gasteiger partial charge < -0.3 is 9.90 Å².